The molecule has 1 aromatic rings. The zero-order valence-corrected chi connectivity index (χ0v) is 14.5. The van der Waals surface area contributed by atoms with Crippen molar-refractivity contribution in [2.45, 2.75) is 68.9 Å². The van der Waals surface area contributed by atoms with Crippen molar-refractivity contribution >= 4 is 11.9 Å². The van der Waals surface area contributed by atoms with E-state index in [1.807, 2.05) is 24.3 Å². The molecule has 2 saturated carbocycles. The highest BCUT2D eigenvalue weighted by Gasteiger charge is 2.50. The van der Waals surface area contributed by atoms with Crippen molar-refractivity contribution in [2.75, 3.05) is 0 Å². The molecule has 4 N–H and O–H groups in total. The second kappa shape index (κ2) is 5.84. The minimum Gasteiger partial charge on any atom is -0.481 e. The molecule has 0 aliphatic heterocycles. The van der Waals surface area contributed by atoms with Gasteiger partial charge in [-0.3, -0.25) is 9.59 Å². The molecule has 0 heterocycles. The largest absolute Gasteiger partial charge is 0.481 e. The summed E-state index contributed by atoms with van der Waals surface area (Å²) < 4.78 is 0. The first-order valence-electron chi connectivity index (χ1n) is 9.34. The molecule has 25 heavy (non-hydrogen) atoms. The number of nitrogens with two attached hydrogens (primary N) is 1. The van der Waals surface area contributed by atoms with Gasteiger partial charge >= 0.3 is 5.97 Å². The van der Waals surface area contributed by atoms with Crippen LogP contribution in [-0.2, 0) is 9.59 Å². The summed E-state index contributed by atoms with van der Waals surface area (Å²) in [4.78, 5) is 24.6. The Hall–Kier alpha value is -1.88. The van der Waals surface area contributed by atoms with Crippen molar-refractivity contribution in [1.82, 2.24) is 5.32 Å². The summed E-state index contributed by atoms with van der Waals surface area (Å²) in [5.41, 5.74) is 7.75. The maximum Gasteiger partial charge on any atom is 0.311 e. The van der Waals surface area contributed by atoms with Crippen LogP contribution in [-0.4, -0.2) is 22.5 Å². The highest BCUT2D eigenvalue weighted by molar-refractivity contribution is 5.87. The second-order valence-electron chi connectivity index (χ2n) is 8.32. The lowest BCUT2D eigenvalue weighted by Gasteiger charge is -2.51. The van der Waals surface area contributed by atoms with E-state index < -0.39 is 17.4 Å². The van der Waals surface area contributed by atoms with Crippen LogP contribution < -0.4 is 11.1 Å². The molecule has 3 aliphatic rings. The van der Waals surface area contributed by atoms with E-state index in [0.717, 1.165) is 30.4 Å². The summed E-state index contributed by atoms with van der Waals surface area (Å²) in [7, 11) is 0. The van der Waals surface area contributed by atoms with Crippen LogP contribution in [0, 0.1) is 5.41 Å². The van der Waals surface area contributed by atoms with Crippen LogP contribution in [0.1, 0.15) is 74.5 Å². The van der Waals surface area contributed by atoms with Gasteiger partial charge in [-0.1, -0.05) is 37.1 Å². The topological polar surface area (TPSA) is 92.4 Å². The number of hydrogen-bond acceptors (Lipinski definition) is 3. The lowest BCUT2D eigenvalue weighted by Crippen LogP contribution is -2.59. The van der Waals surface area contributed by atoms with Crippen molar-refractivity contribution in [3.63, 3.8) is 0 Å². The van der Waals surface area contributed by atoms with E-state index in [9.17, 15) is 14.7 Å². The van der Waals surface area contributed by atoms with Gasteiger partial charge in [-0.05, 0) is 55.1 Å². The SMILES string of the molecule is NC1(C(=O)NC2CC(C(=O)O)c3ccccc32)CCCC2(CCC2)C1. The van der Waals surface area contributed by atoms with Gasteiger partial charge in [0.05, 0.1) is 17.5 Å². The van der Waals surface area contributed by atoms with Gasteiger partial charge in [-0.25, -0.2) is 0 Å². The molecule has 0 bridgehead atoms. The molecule has 3 atom stereocenters. The number of nitrogens with one attached hydrogen (secondary N) is 1. The first-order chi connectivity index (χ1) is 11.9. The fourth-order valence-electron chi connectivity index (χ4n) is 5.23. The minimum absolute atomic E-state index is 0.107. The Morgan fingerprint density at radius 3 is 2.36 bits per heavy atom. The van der Waals surface area contributed by atoms with Crippen LogP contribution in [0.3, 0.4) is 0 Å². The summed E-state index contributed by atoms with van der Waals surface area (Å²) in [6, 6.07) is 7.25. The van der Waals surface area contributed by atoms with Gasteiger partial charge in [-0.2, -0.15) is 0 Å². The highest BCUT2D eigenvalue weighted by atomic mass is 16.4. The summed E-state index contributed by atoms with van der Waals surface area (Å²) in [6.07, 6.45) is 7.70. The number of amides is 1. The average molecular weight is 342 g/mol. The number of aliphatic carboxylic acids is 1. The number of rotatable bonds is 3. The Morgan fingerprint density at radius 2 is 1.72 bits per heavy atom. The Labute approximate surface area is 148 Å². The zero-order chi connectivity index (χ0) is 17.7. The monoisotopic (exact) mass is 342 g/mol. The molecule has 0 radical (unpaired) electrons. The number of benzene rings is 1. The van der Waals surface area contributed by atoms with E-state index in [1.54, 1.807) is 0 Å². The van der Waals surface area contributed by atoms with Gasteiger partial charge in [0.25, 0.3) is 0 Å². The van der Waals surface area contributed by atoms with E-state index >= 15 is 0 Å². The predicted octanol–water partition coefficient (Wildman–Crippen LogP) is 2.86. The quantitative estimate of drug-likeness (QED) is 0.787. The fourth-order valence-corrected chi connectivity index (χ4v) is 5.23. The van der Waals surface area contributed by atoms with Gasteiger partial charge in [0.1, 0.15) is 0 Å². The second-order valence-corrected chi connectivity index (χ2v) is 8.32. The first kappa shape index (κ1) is 16.6. The van der Waals surface area contributed by atoms with Crippen LogP contribution in [0.15, 0.2) is 24.3 Å². The number of fused-ring (bicyclic) bond motifs is 1. The fraction of sp³-hybridized carbons (Fsp3) is 0.600. The highest BCUT2D eigenvalue weighted by Crippen LogP contribution is 2.54. The molecule has 3 aliphatic carbocycles. The van der Waals surface area contributed by atoms with Crippen molar-refractivity contribution in [3.8, 4) is 0 Å². The summed E-state index contributed by atoms with van der Waals surface area (Å²) in [5.74, 6) is -1.50. The molecule has 5 heteroatoms. The molecule has 4 rings (SSSR count). The number of carbonyl (C=O) groups is 2. The van der Waals surface area contributed by atoms with E-state index in [1.165, 1.54) is 25.7 Å². The number of carboxylic acid groups (broad SMARTS) is 1. The van der Waals surface area contributed by atoms with E-state index in [0.29, 0.717) is 6.42 Å². The van der Waals surface area contributed by atoms with Crippen LogP contribution in [0.25, 0.3) is 0 Å². The summed E-state index contributed by atoms with van der Waals surface area (Å²) in [5, 5.41) is 12.6. The molecule has 134 valence electrons. The lowest BCUT2D eigenvalue weighted by atomic mass is 9.56. The smallest absolute Gasteiger partial charge is 0.311 e. The number of hydrogen-bond donors (Lipinski definition) is 3. The molecule has 5 nitrogen and oxygen atoms in total. The summed E-state index contributed by atoms with van der Waals surface area (Å²) in [6.45, 7) is 0. The van der Waals surface area contributed by atoms with Crippen LogP contribution in [0.5, 0.6) is 0 Å². The van der Waals surface area contributed by atoms with Crippen LogP contribution >= 0.6 is 0 Å². The van der Waals surface area contributed by atoms with Gasteiger partial charge in [0.15, 0.2) is 0 Å². The van der Waals surface area contributed by atoms with E-state index in [-0.39, 0.29) is 17.4 Å². The standard InChI is InChI=1S/C20H26N2O3/c21-20(10-4-9-19(12-20)7-3-8-19)18(25)22-16-11-15(17(23)24)13-5-1-2-6-14(13)16/h1-2,5-6,15-16H,3-4,7-12,21H2,(H,22,25)(H,23,24). The number of carbonyl (C=O) groups excluding carboxylic acids is 1. The molecule has 2 fully saturated rings. The Morgan fingerprint density at radius 1 is 1.08 bits per heavy atom. The Bertz CT molecular complexity index is 713. The third kappa shape index (κ3) is 2.74. The minimum atomic E-state index is -0.835. The van der Waals surface area contributed by atoms with Crippen LogP contribution in [0.2, 0.25) is 0 Å². The lowest BCUT2D eigenvalue weighted by molar-refractivity contribution is -0.139. The summed E-state index contributed by atoms with van der Waals surface area (Å²) >= 11 is 0. The molecule has 1 aromatic carbocycles. The molecule has 1 spiro atoms. The van der Waals surface area contributed by atoms with Gasteiger partial charge in [-0.15, -0.1) is 0 Å². The Balaban J connectivity index is 1.52. The first-order valence-corrected chi connectivity index (χ1v) is 9.34. The van der Waals surface area contributed by atoms with Crippen molar-refractivity contribution in [2.24, 2.45) is 11.1 Å². The van der Waals surface area contributed by atoms with Crippen molar-refractivity contribution in [1.29, 1.82) is 0 Å². The molecule has 0 aromatic heterocycles. The maximum absolute atomic E-state index is 13.0. The predicted molar refractivity (Wildman–Crippen MR) is 94.0 cm³/mol. The molecular formula is C20H26N2O3. The van der Waals surface area contributed by atoms with Crippen molar-refractivity contribution < 1.29 is 14.7 Å². The van der Waals surface area contributed by atoms with Crippen LogP contribution in [0.4, 0.5) is 0 Å². The maximum atomic E-state index is 13.0. The molecular weight excluding hydrogens is 316 g/mol. The van der Waals surface area contributed by atoms with E-state index in [2.05, 4.69) is 5.32 Å². The molecule has 3 unspecified atom stereocenters. The van der Waals surface area contributed by atoms with Gasteiger partial charge in [0.2, 0.25) is 5.91 Å². The van der Waals surface area contributed by atoms with E-state index in [4.69, 9.17) is 5.73 Å². The third-order valence-electron chi connectivity index (χ3n) is 6.71. The van der Waals surface area contributed by atoms with Gasteiger partial charge < -0.3 is 16.2 Å². The molecule has 0 saturated heterocycles. The zero-order valence-electron chi connectivity index (χ0n) is 14.5. The number of carboxylic acids is 1. The Kier molecular flexibility index (Phi) is 3.87. The van der Waals surface area contributed by atoms with Gasteiger partial charge in [0, 0.05) is 0 Å². The molecule has 1 amide bonds. The average Bonchev–Trinajstić information content (AvgIpc) is 2.93. The van der Waals surface area contributed by atoms with Crippen molar-refractivity contribution in [3.05, 3.63) is 35.4 Å². The third-order valence-corrected chi connectivity index (χ3v) is 6.71. The normalized spacial score (nSPS) is 32.7.